The van der Waals surface area contributed by atoms with Gasteiger partial charge in [-0.1, -0.05) is 69.6 Å². The van der Waals surface area contributed by atoms with Gasteiger partial charge in [-0.05, 0) is 24.3 Å². The fourth-order valence-electron chi connectivity index (χ4n) is 2.15. The molecule has 2 aromatic rings. The molecule has 0 aliphatic rings. The third-order valence-electron chi connectivity index (χ3n) is 3.24. The number of hydrogen-bond donors (Lipinski definition) is 0. The van der Waals surface area contributed by atoms with Crippen molar-refractivity contribution in [2.45, 2.75) is 10.8 Å². The molecule has 0 aliphatic heterocycles. The predicted molar refractivity (Wildman–Crippen MR) is 111 cm³/mol. The van der Waals surface area contributed by atoms with Crippen LogP contribution in [0, 0.1) is 0 Å². The van der Waals surface area contributed by atoms with E-state index in [2.05, 4.69) is 0 Å². The van der Waals surface area contributed by atoms with Gasteiger partial charge in [0.25, 0.3) is 0 Å². The molecular weight excluding hydrogens is 492 g/mol. The van der Waals surface area contributed by atoms with Gasteiger partial charge in [0, 0.05) is 41.3 Å². The van der Waals surface area contributed by atoms with Crippen molar-refractivity contribution in [1.29, 1.82) is 0 Å². The zero-order valence-corrected chi connectivity index (χ0v) is 18.4. The average molecular weight is 502 g/mol. The number of alkyl halides is 2. The van der Waals surface area contributed by atoms with Crippen molar-refractivity contribution in [2.24, 2.45) is 0 Å². The SMILES string of the molecule is Clc1cc(Cl)c(C(Cl)COCC(Cl)c2c(Cl)cc(Cl)cc2Cl)c(Cl)c1. The van der Waals surface area contributed by atoms with Gasteiger partial charge in [0.1, 0.15) is 0 Å². The maximum atomic E-state index is 6.33. The summed E-state index contributed by atoms with van der Waals surface area (Å²) < 4.78 is 5.58. The van der Waals surface area contributed by atoms with Crippen molar-refractivity contribution in [1.82, 2.24) is 0 Å². The number of halogens is 8. The van der Waals surface area contributed by atoms with Crippen LogP contribution in [-0.4, -0.2) is 13.2 Å². The van der Waals surface area contributed by atoms with E-state index in [1.807, 2.05) is 0 Å². The minimum Gasteiger partial charge on any atom is -0.378 e. The molecule has 0 amide bonds. The lowest BCUT2D eigenvalue weighted by Gasteiger charge is -2.17. The maximum absolute atomic E-state index is 6.33. The van der Waals surface area contributed by atoms with Crippen molar-refractivity contribution < 1.29 is 4.74 Å². The zero-order chi connectivity index (χ0) is 18.7. The van der Waals surface area contributed by atoms with Crippen LogP contribution in [0.3, 0.4) is 0 Å². The summed E-state index contributed by atoms with van der Waals surface area (Å²) >= 11 is 49.0. The minimum absolute atomic E-state index is 0.134. The summed E-state index contributed by atoms with van der Waals surface area (Å²) in [4.78, 5) is 0. The van der Waals surface area contributed by atoms with Gasteiger partial charge in [-0.15, -0.1) is 23.2 Å². The predicted octanol–water partition coefficient (Wildman–Crippen LogP) is 8.88. The van der Waals surface area contributed by atoms with Crippen LogP contribution in [0.4, 0.5) is 0 Å². The molecule has 0 heterocycles. The molecule has 1 nitrogen and oxygen atoms in total. The van der Waals surface area contributed by atoms with Crippen LogP contribution in [0.15, 0.2) is 24.3 Å². The van der Waals surface area contributed by atoms with Crippen LogP contribution in [0.5, 0.6) is 0 Å². The van der Waals surface area contributed by atoms with Gasteiger partial charge < -0.3 is 4.74 Å². The first kappa shape index (κ1) is 22.0. The number of ether oxygens (including phenoxy) is 1. The molecule has 25 heavy (non-hydrogen) atoms. The van der Waals surface area contributed by atoms with Crippen LogP contribution < -0.4 is 0 Å². The molecule has 2 rings (SSSR count). The van der Waals surface area contributed by atoms with Gasteiger partial charge in [-0.3, -0.25) is 0 Å². The van der Waals surface area contributed by atoms with Crippen LogP contribution in [-0.2, 0) is 4.74 Å². The lowest BCUT2D eigenvalue weighted by atomic mass is 10.1. The van der Waals surface area contributed by atoms with Crippen molar-refractivity contribution in [3.63, 3.8) is 0 Å². The van der Waals surface area contributed by atoms with E-state index in [0.29, 0.717) is 41.3 Å². The van der Waals surface area contributed by atoms with Crippen LogP contribution in [0.2, 0.25) is 30.1 Å². The fourth-order valence-corrected chi connectivity index (χ4v) is 5.18. The number of benzene rings is 2. The fraction of sp³-hybridized carbons (Fsp3) is 0.250. The molecule has 0 fully saturated rings. The molecule has 0 bridgehead atoms. The Morgan fingerprint density at radius 1 is 0.600 bits per heavy atom. The molecule has 2 unspecified atom stereocenters. The first-order chi connectivity index (χ1) is 11.7. The van der Waals surface area contributed by atoms with Gasteiger partial charge in [-0.2, -0.15) is 0 Å². The molecule has 0 spiro atoms. The zero-order valence-electron chi connectivity index (χ0n) is 12.3. The van der Waals surface area contributed by atoms with E-state index in [1.54, 1.807) is 24.3 Å². The summed E-state index contributed by atoms with van der Waals surface area (Å²) in [6.45, 7) is 0.267. The highest BCUT2D eigenvalue weighted by atomic mass is 35.5. The lowest BCUT2D eigenvalue weighted by molar-refractivity contribution is 0.134. The van der Waals surface area contributed by atoms with Crippen molar-refractivity contribution >= 4 is 92.8 Å². The van der Waals surface area contributed by atoms with Gasteiger partial charge in [-0.25, -0.2) is 0 Å². The average Bonchev–Trinajstić information content (AvgIpc) is 2.44. The lowest BCUT2D eigenvalue weighted by Crippen LogP contribution is -2.09. The molecule has 0 aromatic heterocycles. The second kappa shape index (κ2) is 9.78. The maximum Gasteiger partial charge on any atom is 0.0847 e. The Morgan fingerprint density at radius 3 is 1.16 bits per heavy atom. The van der Waals surface area contributed by atoms with E-state index in [1.165, 1.54) is 0 Å². The molecule has 0 saturated heterocycles. The topological polar surface area (TPSA) is 9.23 Å². The Balaban J connectivity index is 2.01. The molecule has 2 aromatic carbocycles. The second-order valence-electron chi connectivity index (χ2n) is 5.04. The van der Waals surface area contributed by atoms with Gasteiger partial charge >= 0.3 is 0 Å². The third-order valence-corrected chi connectivity index (χ3v) is 5.62. The number of hydrogen-bond acceptors (Lipinski definition) is 1. The highest BCUT2D eigenvalue weighted by Crippen LogP contribution is 2.39. The quantitative estimate of drug-likeness (QED) is 0.359. The van der Waals surface area contributed by atoms with Crippen molar-refractivity contribution in [3.05, 3.63) is 65.5 Å². The monoisotopic (exact) mass is 498 g/mol. The van der Waals surface area contributed by atoms with Crippen LogP contribution in [0.1, 0.15) is 21.9 Å². The number of rotatable bonds is 6. The molecule has 2 atom stereocenters. The van der Waals surface area contributed by atoms with Gasteiger partial charge in [0.2, 0.25) is 0 Å². The van der Waals surface area contributed by atoms with E-state index in [0.717, 1.165) is 0 Å². The third kappa shape index (κ3) is 5.85. The summed E-state index contributed by atoms with van der Waals surface area (Å²) in [6, 6.07) is 6.27. The van der Waals surface area contributed by atoms with Crippen LogP contribution in [0.25, 0.3) is 0 Å². The molecular formula is C16H10Cl8O. The second-order valence-corrected chi connectivity index (χ2v) is 8.59. The van der Waals surface area contributed by atoms with E-state index >= 15 is 0 Å². The van der Waals surface area contributed by atoms with Crippen molar-refractivity contribution in [2.75, 3.05) is 13.2 Å². The van der Waals surface area contributed by atoms with Crippen LogP contribution >= 0.6 is 92.8 Å². The Bertz CT molecular complexity index is 654. The molecule has 136 valence electrons. The highest BCUT2D eigenvalue weighted by molar-refractivity contribution is 6.41. The van der Waals surface area contributed by atoms with Gasteiger partial charge in [0.05, 0.1) is 24.0 Å². The van der Waals surface area contributed by atoms with Gasteiger partial charge in [0.15, 0.2) is 0 Å². The highest BCUT2D eigenvalue weighted by Gasteiger charge is 2.20. The van der Waals surface area contributed by atoms with E-state index in [9.17, 15) is 0 Å². The Hall–Kier alpha value is 0.720. The Morgan fingerprint density at radius 2 is 0.880 bits per heavy atom. The molecule has 9 heteroatoms. The summed E-state index contributed by atoms with van der Waals surface area (Å²) in [6.07, 6.45) is 0. The Kier molecular flexibility index (Phi) is 8.61. The summed E-state index contributed by atoms with van der Waals surface area (Å²) in [5.41, 5.74) is 1.09. The Labute approximate surface area is 185 Å². The van der Waals surface area contributed by atoms with E-state index < -0.39 is 10.8 Å². The molecule has 0 aliphatic carbocycles. The standard InChI is InChI=1S/C16H10Cl8O/c17-7-1-9(19)15(10(20)2-7)13(23)5-25-6-14(24)16-11(21)3-8(18)4-12(16)22/h1-4,13-14H,5-6H2. The first-order valence-electron chi connectivity index (χ1n) is 6.85. The van der Waals surface area contributed by atoms with Crippen molar-refractivity contribution in [3.8, 4) is 0 Å². The largest absolute Gasteiger partial charge is 0.378 e. The molecule has 0 saturated carbocycles. The van der Waals surface area contributed by atoms with E-state index in [4.69, 9.17) is 97.5 Å². The van der Waals surface area contributed by atoms with E-state index in [-0.39, 0.29) is 13.2 Å². The molecule has 0 radical (unpaired) electrons. The summed E-state index contributed by atoms with van der Waals surface area (Å²) in [7, 11) is 0. The first-order valence-corrected chi connectivity index (χ1v) is 9.99. The normalized spacial score (nSPS) is 13.8. The molecule has 0 N–H and O–H groups in total. The minimum atomic E-state index is -0.572. The smallest absolute Gasteiger partial charge is 0.0847 e. The summed E-state index contributed by atoms with van der Waals surface area (Å²) in [5.74, 6) is 0. The summed E-state index contributed by atoms with van der Waals surface area (Å²) in [5, 5.41) is 1.18.